The number of ether oxygens (including phenoxy) is 1. The third-order valence-corrected chi connectivity index (χ3v) is 3.73. The van der Waals surface area contributed by atoms with Crippen molar-refractivity contribution in [3.63, 3.8) is 0 Å². The van der Waals surface area contributed by atoms with Crippen molar-refractivity contribution in [1.29, 1.82) is 0 Å². The van der Waals surface area contributed by atoms with Crippen molar-refractivity contribution < 1.29 is 4.74 Å². The highest BCUT2D eigenvalue weighted by Gasteiger charge is 2.22. The summed E-state index contributed by atoms with van der Waals surface area (Å²) in [5.41, 5.74) is 0. The topological polar surface area (TPSA) is 62.3 Å². The fourth-order valence-electron chi connectivity index (χ4n) is 2.67. The lowest BCUT2D eigenvalue weighted by atomic mass is 10.2. The maximum Gasteiger partial charge on any atom is 0.158 e. The van der Waals surface area contributed by atoms with Gasteiger partial charge in [-0.1, -0.05) is 6.92 Å². The van der Waals surface area contributed by atoms with Gasteiger partial charge in [0.1, 0.15) is 18.2 Å². The van der Waals surface area contributed by atoms with E-state index in [1.165, 1.54) is 19.4 Å². The predicted molar refractivity (Wildman–Crippen MR) is 81.1 cm³/mol. The van der Waals surface area contributed by atoms with Gasteiger partial charge in [-0.2, -0.15) is 0 Å². The van der Waals surface area contributed by atoms with E-state index in [0.29, 0.717) is 18.5 Å². The summed E-state index contributed by atoms with van der Waals surface area (Å²) in [4.78, 5) is 11.3. The molecule has 1 saturated heterocycles. The smallest absolute Gasteiger partial charge is 0.158 e. The molecule has 1 aromatic heterocycles. The second-order valence-electron chi connectivity index (χ2n) is 5.04. The van der Waals surface area contributed by atoms with E-state index in [0.717, 1.165) is 24.7 Å². The summed E-state index contributed by atoms with van der Waals surface area (Å²) in [6.07, 6.45) is 2.55. The van der Waals surface area contributed by atoms with Crippen LogP contribution in [0.15, 0.2) is 6.07 Å². The standard InChI is InChI=1S/C14H25N5O/c1-4-19-7-5-6-11(19)9-16-13-8-12(15-2)17-14(18-13)10-20-3/h8,11H,4-7,9-10H2,1-3H3,(H2,15,16,17,18). The lowest BCUT2D eigenvalue weighted by Gasteiger charge is -2.23. The lowest BCUT2D eigenvalue weighted by molar-refractivity contribution is 0.178. The van der Waals surface area contributed by atoms with Gasteiger partial charge in [-0.3, -0.25) is 4.90 Å². The minimum absolute atomic E-state index is 0.425. The highest BCUT2D eigenvalue weighted by molar-refractivity contribution is 5.47. The predicted octanol–water partition coefficient (Wildman–Crippen LogP) is 1.56. The fourth-order valence-corrected chi connectivity index (χ4v) is 2.67. The molecule has 0 aliphatic carbocycles. The highest BCUT2D eigenvalue weighted by Crippen LogP contribution is 2.18. The Morgan fingerprint density at radius 2 is 2.20 bits per heavy atom. The summed E-state index contributed by atoms with van der Waals surface area (Å²) in [6, 6.07) is 2.54. The lowest BCUT2D eigenvalue weighted by Crippen LogP contribution is -2.34. The Morgan fingerprint density at radius 3 is 2.90 bits per heavy atom. The van der Waals surface area contributed by atoms with E-state index >= 15 is 0 Å². The summed E-state index contributed by atoms with van der Waals surface area (Å²) < 4.78 is 5.11. The van der Waals surface area contributed by atoms with Crippen LogP contribution in [0.2, 0.25) is 0 Å². The molecule has 6 nitrogen and oxygen atoms in total. The van der Waals surface area contributed by atoms with Gasteiger partial charge in [0, 0.05) is 32.8 Å². The van der Waals surface area contributed by atoms with Gasteiger partial charge in [-0.15, -0.1) is 0 Å². The number of nitrogens with zero attached hydrogens (tertiary/aromatic N) is 3. The van der Waals surface area contributed by atoms with Gasteiger partial charge in [0.2, 0.25) is 0 Å². The summed E-state index contributed by atoms with van der Waals surface area (Å²) >= 11 is 0. The third-order valence-electron chi connectivity index (χ3n) is 3.73. The largest absolute Gasteiger partial charge is 0.377 e. The van der Waals surface area contributed by atoms with Crippen LogP contribution in [0.3, 0.4) is 0 Å². The molecule has 2 heterocycles. The molecule has 1 fully saturated rings. The van der Waals surface area contributed by atoms with E-state index in [1.807, 2.05) is 13.1 Å². The zero-order chi connectivity index (χ0) is 14.4. The maximum absolute atomic E-state index is 5.11. The van der Waals surface area contributed by atoms with Crippen LogP contribution in [0.4, 0.5) is 11.6 Å². The molecular formula is C14H25N5O. The monoisotopic (exact) mass is 279 g/mol. The number of likely N-dealkylation sites (tertiary alicyclic amines) is 1. The second kappa shape index (κ2) is 7.40. The summed E-state index contributed by atoms with van der Waals surface area (Å²) in [7, 11) is 3.51. The van der Waals surface area contributed by atoms with Gasteiger partial charge in [0.25, 0.3) is 0 Å². The number of aromatic nitrogens is 2. The minimum Gasteiger partial charge on any atom is -0.377 e. The Labute approximate surface area is 120 Å². The molecule has 1 aliphatic rings. The van der Waals surface area contributed by atoms with Crippen LogP contribution in [0, 0.1) is 0 Å². The van der Waals surface area contributed by atoms with Gasteiger partial charge in [0.05, 0.1) is 0 Å². The molecule has 2 N–H and O–H groups in total. The first kappa shape index (κ1) is 15.0. The van der Waals surface area contributed by atoms with Gasteiger partial charge >= 0.3 is 0 Å². The quantitative estimate of drug-likeness (QED) is 0.790. The van der Waals surface area contributed by atoms with Gasteiger partial charge in [-0.25, -0.2) is 9.97 Å². The maximum atomic E-state index is 5.11. The van der Waals surface area contributed by atoms with Crippen molar-refractivity contribution >= 4 is 11.6 Å². The molecule has 0 bridgehead atoms. The minimum atomic E-state index is 0.425. The van der Waals surface area contributed by atoms with Crippen LogP contribution < -0.4 is 10.6 Å². The number of hydrogen-bond acceptors (Lipinski definition) is 6. The van der Waals surface area contributed by atoms with E-state index in [1.54, 1.807) is 7.11 Å². The number of methoxy groups -OCH3 is 1. The average Bonchev–Trinajstić information content (AvgIpc) is 2.92. The molecule has 0 spiro atoms. The molecule has 0 aromatic carbocycles. The Kier molecular flexibility index (Phi) is 5.55. The molecule has 1 aliphatic heterocycles. The van der Waals surface area contributed by atoms with Gasteiger partial charge in [0.15, 0.2) is 5.82 Å². The van der Waals surface area contributed by atoms with E-state index in [-0.39, 0.29) is 0 Å². The van der Waals surface area contributed by atoms with Crippen molar-refractivity contribution in [2.45, 2.75) is 32.4 Å². The molecule has 0 radical (unpaired) electrons. The molecule has 1 unspecified atom stereocenters. The van der Waals surface area contributed by atoms with Crippen LogP contribution in [-0.4, -0.2) is 54.7 Å². The molecule has 112 valence electrons. The number of anilines is 2. The van der Waals surface area contributed by atoms with Crippen LogP contribution in [0.5, 0.6) is 0 Å². The molecule has 2 rings (SSSR count). The Morgan fingerprint density at radius 1 is 1.40 bits per heavy atom. The van der Waals surface area contributed by atoms with Crippen molar-refractivity contribution in [3.8, 4) is 0 Å². The molecule has 1 aromatic rings. The highest BCUT2D eigenvalue weighted by atomic mass is 16.5. The first-order valence-corrected chi connectivity index (χ1v) is 7.29. The number of rotatable bonds is 7. The van der Waals surface area contributed by atoms with E-state index in [9.17, 15) is 0 Å². The van der Waals surface area contributed by atoms with Crippen LogP contribution in [0.25, 0.3) is 0 Å². The zero-order valence-electron chi connectivity index (χ0n) is 12.6. The summed E-state index contributed by atoms with van der Waals surface area (Å²) in [6.45, 7) is 5.91. The number of likely N-dealkylation sites (N-methyl/N-ethyl adjacent to an activating group) is 1. The molecule has 0 saturated carbocycles. The molecule has 6 heteroatoms. The Balaban J connectivity index is 1.99. The van der Waals surface area contributed by atoms with Crippen molar-refractivity contribution in [3.05, 3.63) is 11.9 Å². The zero-order valence-corrected chi connectivity index (χ0v) is 12.6. The number of hydrogen-bond donors (Lipinski definition) is 2. The Bertz CT molecular complexity index is 426. The van der Waals surface area contributed by atoms with Crippen molar-refractivity contribution in [1.82, 2.24) is 14.9 Å². The van der Waals surface area contributed by atoms with Crippen LogP contribution >= 0.6 is 0 Å². The van der Waals surface area contributed by atoms with Crippen molar-refractivity contribution in [2.75, 3.05) is 44.4 Å². The SMILES string of the molecule is CCN1CCCC1CNc1cc(NC)nc(COC)n1. The Hall–Kier alpha value is -1.40. The molecule has 20 heavy (non-hydrogen) atoms. The molecular weight excluding hydrogens is 254 g/mol. The van der Waals surface area contributed by atoms with E-state index in [4.69, 9.17) is 4.74 Å². The number of nitrogens with one attached hydrogen (secondary N) is 2. The average molecular weight is 279 g/mol. The van der Waals surface area contributed by atoms with Gasteiger partial charge in [-0.05, 0) is 25.9 Å². The summed E-state index contributed by atoms with van der Waals surface area (Å²) in [5.74, 6) is 2.37. The van der Waals surface area contributed by atoms with Gasteiger partial charge < -0.3 is 15.4 Å². The fraction of sp³-hybridized carbons (Fsp3) is 0.714. The first-order valence-electron chi connectivity index (χ1n) is 7.29. The normalized spacial score (nSPS) is 19.2. The van der Waals surface area contributed by atoms with Crippen molar-refractivity contribution in [2.24, 2.45) is 0 Å². The van der Waals surface area contributed by atoms with E-state index < -0.39 is 0 Å². The summed E-state index contributed by atoms with van der Waals surface area (Å²) in [5, 5.41) is 6.49. The second-order valence-corrected chi connectivity index (χ2v) is 5.04. The first-order chi connectivity index (χ1) is 9.76. The third kappa shape index (κ3) is 3.80. The van der Waals surface area contributed by atoms with Crippen LogP contribution in [0.1, 0.15) is 25.6 Å². The molecule has 1 atom stereocenters. The molecule has 0 amide bonds. The van der Waals surface area contributed by atoms with E-state index in [2.05, 4.69) is 32.4 Å². The van der Waals surface area contributed by atoms with Crippen LogP contribution in [-0.2, 0) is 11.3 Å².